The van der Waals surface area contributed by atoms with E-state index in [-0.39, 0.29) is 18.3 Å². The maximum absolute atomic E-state index is 12.2. The van der Waals surface area contributed by atoms with Crippen molar-refractivity contribution in [3.8, 4) is 0 Å². The van der Waals surface area contributed by atoms with E-state index in [9.17, 15) is 4.79 Å². The van der Waals surface area contributed by atoms with E-state index in [4.69, 9.17) is 5.73 Å². The van der Waals surface area contributed by atoms with Crippen LogP contribution in [0.1, 0.15) is 30.6 Å². The van der Waals surface area contributed by atoms with Crippen molar-refractivity contribution in [1.82, 2.24) is 4.90 Å². The van der Waals surface area contributed by atoms with Gasteiger partial charge in [0.05, 0.1) is 6.42 Å². The molecule has 2 N–H and O–H groups in total. The molecule has 1 aromatic rings. The number of piperidine rings is 1. The zero-order valence-corrected chi connectivity index (χ0v) is 12.1. The van der Waals surface area contributed by atoms with Gasteiger partial charge in [-0.25, -0.2) is 0 Å². The molecular formula is C13H21ClN2OS. The number of carbonyl (C=O) groups excluding carboxylic acids is 1. The molecule has 1 aliphatic heterocycles. The van der Waals surface area contributed by atoms with Crippen LogP contribution in [0.15, 0.2) is 17.5 Å². The van der Waals surface area contributed by atoms with Gasteiger partial charge in [-0.1, -0.05) is 6.07 Å². The quantitative estimate of drug-likeness (QED) is 0.925. The van der Waals surface area contributed by atoms with Gasteiger partial charge in [-0.15, -0.1) is 23.7 Å². The standard InChI is InChI=1S/C13H20N2OS.ClH/c14-7-6-11-4-1-2-8-15(11)13(16)10-12-5-3-9-17-12;/h3,5,9,11H,1-2,4,6-8,10,14H2;1H. The van der Waals surface area contributed by atoms with E-state index in [1.807, 2.05) is 17.5 Å². The van der Waals surface area contributed by atoms with Crippen molar-refractivity contribution in [1.29, 1.82) is 0 Å². The van der Waals surface area contributed by atoms with Gasteiger partial charge in [-0.05, 0) is 43.7 Å². The average molecular weight is 289 g/mol. The second kappa shape index (κ2) is 7.77. The van der Waals surface area contributed by atoms with Crippen molar-refractivity contribution in [3.63, 3.8) is 0 Å². The van der Waals surface area contributed by atoms with E-state index in [2.05, 4.69) is 4.90 Å². The van der Waals surface area contributed by atoms with Crippen LogP contribution in [0.25, 0.3) is 0 Å². The molecule has 3 nitrogen and oxygen atoms in total. The Balaban J connectivity index is 0.00000162. The third-order valence-electron chi connectivity index (χ3n) is 3.35. The molecule has 2 heterocycles. The van der Waals surface area contributed by atoms with E-state index in [0.29, 0.717) is 19.0 Å². The van der Waals surface area contributed by atoms with Crippen molar-refractivity contribution in [2.75, 3.05) is 13.1 Å². The molecule has 1 saturated heterocycles. The monoisotopic (exact) mass is 288 g/mol. The lowest BCUT2D eigenvalue weighted by molar-refractivity contribution is -0.134. The predicted octanol–water partition coefficient (Wildman–Crippen LogP) is 2.44. The highest BCUT2D eigenvalue weighted by Gasteiger charge is 2.25. The molecule has 102 valence electrons. The lowest BCUT2D eigenvalue weighted by Gasteiger charge is -2.35. The molecule has 0 saturated carbocycles. The Hall–Kier alpha value is -0.580. The largest absolute Gasteiger partial charge is 0.339 e. The van der Waals surface area contributed by atoms with E-state index >= 15 is 0 Å². The van der Waals surface area contributed by atoms with Gasteiger partial charge in [0, 0.05) is 17.5 Å². The van der Waals surface area contributed by atoms with Crippen LogP contribution >= 0.6 is 23.7 Å². The molecule has 1 aromatic heterocycles. The summed E-state index contributed by atoms with van der Waals surface area (Å²) in [4.78, 5) is 15.5. The first-order valence-corrected chi connectivity index (χ1v) is 7.21. The van der Waals surface area contributed by atoms with Gasteiger partial charge >= 0.3 is 0 Å². The fourth-order valence-electron chi connectivity index (χ4n) is 2.49. The van der Waals surface area contributed by atoms with Crippen LogP contribution < -0.4 is 5.73 Å². The minimum atomic E-state index is 0. The summed E-state index contributed by atoms with van der Waals surface area (Å²) in [7, 11) is 0. The van der Waals surface area contributed by atoms with E-state index in [1.54, 1.807) is 11.3 Å². The molecular weight excluding hydrogens is 268 g/mol. The Labute approximate surface area is 119 Å². The van der Waals surface area contributed by atoms with Crippen molar-refractivity contribution in [3.05, 3.63) is 22.4 Å². The van der Waals surface area contributed by atoms with Crippen molar-refractivity contribution in [2.45, 2.75) is 38.1 Å². The van der Waals surface area contributed by atoms with E-state index in [1.165, 1.54) is 6.42 Å². The van der Waals surface area contributed by atoms with Crippen LogP contribution in [-0.4, -0.2) is 29.9 Å². The van der Waals surface area contributed by atoms with Crippen LogP contribution in [0.3, 0.4) is 0 Å². The van der Waals surface area contributed by atoms with Crippen LogP contribution in [0.5, 0.6) is 0 Å². The third kappa shape index (κ3) is 3.97. The first-order valence-electron chi connectivity index (χ1n) is 6.33. The summed E-state index contributed by atoms with van der Waals surface area (Å²) in [5, 5.41) is 2.02. The number of likely N-dealkylation sites (tertiary alicyclic amines) is 1. The first kappa shape index (κ1) is 15.5. The summed E-state index contributed by atoms with van der Waals surface area (Å²) in [6, 6.07) is 4.41. The summed E-state index contributed by atoms with van der Waals surface area (Å²) in [5.41, 5.74) is 5.62. The maximum Gasteiger partial charge on any atom is 0.228 e. The zero-order chi connectivity index (χ0) is 12.1. The highest BCUT2D eigenvalue weighted by molar-refractivity contribution is 7.10. The van der Waals surface area contributed by atoms with Crippen LogP contribution in [0.4, 0.5) is 0 Å². The number of nitrogens with zero attached hydrogens (tertiary/aromatic N) is 1. The summed E-state index contributed by atoms with van der Waals surface area (Å²) in [5.74, 6) is 0.269. The van der Waals surface area contributed by atoms with Crippen LogP contribution in [-0.2, 0) is 11.2 Å². The van der Waals surface area contributed by atoms with Crippen molar-refractivity contribution in [2.24, 2.45) is 5.73 Å². The fraction of sp³-hybridized carbons (Fsp3) is 0.615. The van der Waals surface area contributed by atoms with Gasteiger partial charge in [0.1, 0.15) is 0 Å². The molecule has 1 atom stereocenters. The Kier molecular flexibility index (Phi) is 6.68. The zero-order valence-electron chi connectivity index (χ0n) is 10.5. The van der Waals surface area contributed by atoms with Gasteiger partial charge in [0.15, 0.2) is 0 Å². The SMILES string of the molecule is Cl.NCCC1CCCCN1C(=O)Cc1cccs1. The molecule has 0 bridgehead atoms. The molecule has 1 fully saturated rings. The second-order valence-electron chi connectivity index (χ2n) is 4.57. The van der Waals surface area contributed by atoms with E-state index < -0.39 is 0 Å². The number of thiophene rings is 1. The Morgan fingerprint density at radius 3 is 3.00 bits per heavy atom. The Morgan fingerprint density at radius 2 is 2.33 bits per heavy atom. The Bertz CT molecular complexity index is 354. The molecule has 1 aliphatic rings. The predicted molar refractivity (Wildman–Crippen MR) is 78.3 cm³/mol. The molecule has 1 amide bonds. The number of hydrogen-bond acceptors (Lipinski definition) is 3. The highest BCUT2D eigenvalue weighted by atomic mass is 35.5. The maximum atomic E-state index is 12.2. The van der Waals surface area contributed by atoms with Gasteiger partial charge in [-0.2, -0.15) is 0 Å². The lowest BCUT2D eigenvalue weighted by Crippen LogP contribution is -2.45. The van der Waals surface area contributed by atoms with Crippen LogP contribution in [0, 0.1) is 0 Å². The molecule has 0 spiro atoms. The number of rotatable bonds is 4. The third-order valence-corrected chi connectivity index (χ3v) is 4.23. The molecule has 0 aliphatic carbocycles. The summed E-state index contributed by atoms with van der Waals surface area (Å²) >= 11 is 1.66. The molecule has 18 heavy (non-hydrogen) atoms. The normalized spacial score (nSPS) is 19.4. The number of nitrogens with two attached hydrogens (primary N) is 1. The van der Waals surface area contributed by atoms with Gasteiger partial charge in [0.25, 0.3) is 0 Å². The Morgan fingerprint density at radius 1 is 1.50 bits per heavy atom. The summed E-state index contributed by atoms with van der Waals surface area (Å²) in [6.45, 7) is 1.59. The highest BCUT2D eigenvalue weighted by Crippen LogP contribution is 2.21. The van der Waals surface area contributed by atoms with Gasteiger partial charge in [-0.3, -0.25) is 4.79 Å². The molecule has 1 unspecified atom stereocenters. The molecule has 2 rings (SSSR count). The van der Waals surface area contributed by atoms with E-state index in [0.717, 1.165) is 30.7 Å². The van der Waals surface area contributed by atoms with Crippen molar-refractivity contribution < 1.29 is 4.79 Å². The van der Waals surface area contributed by atoms with Crippen molar-refractivity contribution >= 4 is 29.7 Å². The number of hydrogen-bond donors (Lipinski definition) is 1. The first-order chi connectivity index (χ1) is 8.31. The van der Waals surface area contributed by atoms with Crippen LogP contribution in [0.2, 0.25) is 0 Å². The van der Waals surface area contributed by atoms with Gasteiger partial charge < -0.3 is 10.6 Å². The summed E-state index contributed by atoms with van der Waals surface area (Å²) < 4.78 is 0. The number of halogens is 1. The topological polar surface area (TPSA) is 46.3 Å². The minimum absolute atomic E-state index is 0. The number of amides is 1. The van der Waals surface area contributed by atoms with Gasteiger partial charge in [0.2, 0.25) is 5.91 Å². The molecule has 0 aromatic carbocycles. The fourth-order valence-corrected chi connectivity index (χ4v) is 3.18. The smallest absolute Gasteiger partial charge is 0.228 e. The summed E-state index contributed by atoms with van der Waals surface area (Å²) in [6.07, 6.45) is 4.98. The second-order valence-corrected chi connectivity index (χ2v) is 5.60. The minimum Gasteiger partial charge on any atom is -0.339 e. The molecule has 5 heteroatoms. The number of carbonyl (C=O) groups is 1. The molecule has 0 radical (unpaired) electrons. The lowest BCUT2D eigenvalue weighted by atomic mass is 9.99. The average Bonchev–Trinajstić information content (AvgIpc) is 2.83.